The van der Waals surface area contributed by atoms with Crippen LogP contribution in [-0.2, 0) is 23.7 Å². The van der Waals surface area contributed by atoms with Crippen molar-refractivity contribution in [3.63, 3.8) is 0 Å². The highest BCUT2D eigenvalue weighted by Gasteiger charge is 2.22. The van der Waals surface area contributed by atoms with Crippen LogP contribution in [0.3, 0.4) is 0 Å². The number of unbranched alkanes of at least 4 members (excludes halogenated alkanes) is 4. The topological polar surface area (TPSA) is 240 Å². The number of amides is 4. The highest BCUT2D eigenvalue weighted by molar-refractivity contribution is 7.13. The van der Waals surface area contributed by atoms with Gasteiger partial charge in [-0.05, 0) is 69.7 Å². The summed E-state index contributed by atoms with van der Waals surface area (Å²) in [5.74, 6) is 1.15. The van der Waals surface area contributed by atoms with Gasteiger partial charge in [0.15, 0.2) is 0 Å². The summed E-state index contributed by atoms with van der Waals surface area (Å²) in [6.07, 6.45) is 19.9. The molecule has 0 saturated carbocycles. The largest absolute Gasteiger partial charge is 0.359 e. The van der Waals surface area contributed by atoms with Gasteiger partial charge in [0.1, 0.15) is 16.5 Å². The summed E-state index contributed by atoms with van der Waals surface area (Å²) in [4.78, 5) is 69.8. The molecular formula is C54H67N15O4S. The summed E-state index contributed by atoms with van der Waals surface area (Å²) in [5, 5.41) is 25.6. The molecule has 388 valence electrons. The Kier molecular flexibility index (Phi) is 19.0. The fraction of sp³-hybridized carbons (Fsp3) is 0.370. The van der Waals surface area contributed by atoms with E-state index in [4.69, 9.17) is 0 Å². The van der Waals surface area contributed by atoms with Gasteiger partial charge in [-0.15, -0.1) is 11.3 Å². The number of carbonyl (C=O) groups is 4. The molecule has 6 N–H and O–H groups in total. The number of aryl methyl sites for hydroxylation is 3. The zero-order valence-corrected chi connectivity index (χ0v) is 44.0. The van der Waals surface area contributed by atoms with Crippen LogP contribution >= 0.6 is 11.3 Å². The molecule has 4 amide bonds. The summed E-state index contributed by atoms with van der Waals surface area (Å²) in [7, 11) is 7.10. The molecule has 0 unspecified atom stereocenters. The molecule has 2 atom stereocenters. The number of carbonyl (C=O) groups excluding carboxylic acids is 4. The van der Waals surface area contributed by atoms with E-state index in [-0.39, 0.29) is 41.8 Å². The van der Waals surface area contributed by atoms with Crippen LogP contribution in [0.4, 0.5) is 0 Å². The van der Waals surface area contributed by atoms with Crippen LogP contribution in [0.2, 0.25) is 0 Å². The number of nitrogens with zero attached hydrogens (tertiary/aromatic N) is 9. The van der Waals surface area contributed by atoms with Crippen LogP contribution in [0.1, 0.15) is 133 Å². The number of thiazole rings is 1. The maximum absolute atomic E-state index is 13.1. The zero-order valence-electron chi connectivity index (χ0n) is 43.2. The van der Waals surface area contributed by atoms with E-state index in [9.17, 15) is 19.2 Å². The van der Waals surface area contributed by atoms with Crippen LogP contribution in [0, 0.1) is 6.92 Å². The van der Waals surface area contributed by atoms with Gasteiger partial charge in [0, 0.05) is 76.8 Å². The number of imidazole rings is 2. The fourth-order valence-electron chi connectivity index (χ4n) is 8.20. The van der Waals surface area contributed by atoms with Crippen molar-refractivity contribution in [2.75, 3.05) is 14.1 Å². The molecule has 0 radical (unpaired) electrons. The summed E-state index contributed by atoms with van der Waals surface area (Å²) in [6.45, 7) is 5.91. The predicted molar refractivity (Wildman–Crippen MR) is 287 cm³/mol. The average molecular weight is 1020 g/mol. The first kappa shape index (κ1) is 53.8. The molecule has 8 aromatic rings. The van der Waals surface area contributed by atoms with Crippen molar-refractivity contribution >= 4 is 35.0 Å². The zero-order chi connectivity index (χ0) is 52.6. The molecule has 2 aromatic carbocycles. The molecule has 20 heteroatoms. The number of H-pyrrole nitrogens is 2. The molecule has 6 heterocycles. The number of aromatic amines is 2. The number of rotatable bonds is 23. The Balaban J connectivity index is 0.000000217. The van der Waals surface area contributed by atoms with E-state index in [1.54, 1.807) is 59.1 Å². The molecule has 0 bridgehead atoms. The third kappa shape index (κ3) is 15.0. The molecule has 0 aliphatic rings. The molecule has 0 spiro atoms. The molecule has 74 heavy (non-hydrogen) atoms. The molecule has 0 fully saturated rings. The van der Waals surface area contributed by atoms with Crippen LogP contribution in [0.15, 0.2) is 104 Å². The SMILES string of the molecule is CNC(=O)CCCCC[C@H](NC(=O)c1cnc(C)s1)c1ncc(-c2ccc(-c3ccn(C)n3)cc2)[nH]1.CNC(=O)CCCCC[C@H](NC(=O)c1cnn(C(C)C)c1)c1ncc(-c2ccc(-c3ccn(C)n3)cc2)[nH]1. The molecule has 19 nitrogen and oxygen atoms in total. The summed E-state index contributed by atoms with van der Waals surface area (Å²) in [6, 6.07) is 19.9. The van der Waals surface area contributed by atoms with Crippen molar-refractivity contribution in [1.82, 2.24) is 75.5 Å². The van der Waals surface area contributed by atoms with Crippen LogP contribution < -0.4 is 21.3 Å². The van der Waals surface area contributed by atoms with Gasteiger partial charge in [-0.25, -0.2) is 15.0 Å². The summed E-state index contributed by atoms with van der Waals surface area (Å²) >= 11 is 1.37. The van der Waals surface area contributed by atoms with E-state index >= 15 is 0 Å². The second-order valence-corrected chi connectivity index (χ2v) is 19.6. The second kappa shape index (κ2) is 26.1. The third-order valence-electron chi connectivity index (χ3n) is 12.5. The Morgan fingerprint density at radius 3 is 1.47 bits per heavy atom. The van der Waals surface area contributed by atoms with Gasteiger partial charge in [-0.1, -0.05) is 74.2 Å². The molecular weight excluding hydrogens is 955 g/mol. The van der Waals surface area contributed by atoms with Gasteiger partial charge in [0.05, 0.1) is 70.2 Å². The van der Waals surface area contributed by atoms with E-state index < -0.39 is 0 Å². The Labute approximate surface area is 435 Å². The van der Waals surface area contributed by atoms with Crippen molar-refractivity contribution < 1.29 is 19.2 Å². The first-order chi connectivity index (χ1) is 35.8. The van der Waals surface area contributed by atoms with Crippen LogP contribution in [0.25, 0.3) is 45.0 Å². The van der Waals surface area contributed by atoms with Crippen LogP contribution in [-0.4, -0.2) is 92.0 Å². The Bertz CT molecular complexity index is 3070. The second-order valence-electron chi connectivity index (χ2n) is 18.4. The van der Waals surface area contributed by atoms with E-state index in [1.807, 2.05) is 108 Å². The summed E-state index contributed by atoms with van der Waals surface area (Å²) < 4.78 is 5.33. The van der Waals surface area contributed by atoms with E-state index in [2.05, 4.69) is 61.5 Å². The minimum atomic E-state index is -0.300. The average Bonchev–Trinajstić information content (AvgIpc) is 4.28. The highest BCUT2D eigenvalue weighted by atomic mass is 32.1. The minimum Gasteiger partial charge on any atom is -0.359 e. The Hall–Kier alpha value is -8.00. The van der Waals surface area contributed by atoms with Gasteiger partial charge >= 0.3 is 0 Å². The lowest BCUT2D eigenvalue weighted by Gasteiger charge is -2.16. The lowest BCUT2D eigenvalue weighted by molar-refractivity contribution is -0.121. The molecule has 0 aliphatic carbocycles. The summed E-state index contributed by atoms with van der Waals surface area (Å²) in [5.41, 5.74) is 8.19. The van der Waals surface area contributed by atoms with Gasteiger partial charge < -0.3 is 31.2 Å². The van der Waals surface area contributed by atoms with Gasteiger partial charge in [-0.2, -0.15) is 15.3 Å². The molecule has 0 aliphatic heterocycles. The monoisotopic (exact) mass is 1020 g/mol. The molecule has 6 aromatic heterocycles. The fourth-order valence-corrected chi connectivity index (χ4v) is 8.88. The third-order valence-corrected chi connectivity index (χ3v) is 13.4. The maximum atomic E-state index is 13.1. The lowest BCUT2D eigenvalue weighted by atomic mass is 10.1. The standard InChI is InChI=1S/C28H36N8O2.C26H31N7O2S/c1-19(2)36-18-22(16-31-36)28(38)33-24(8-6-5-7-9-26(37)29-3)27-30-17-25(32-27)21-12-10-20(11-13-21)23-14-15-35(4)34-23;1-17-28-16-23(36-17)26(35)31-21(7-5-4-6-8-24(34)27-2)25-29-15-22(30-25)19-11-9-18(10-12-19)20-13-14-33(3)32-20/h10-19,24H,5-9H2,1-4H3,(H,29,37)(H,30,32)(H,33,38);9-16,21H,4-8H2,1-3H3,(H,27,34)(H,29,30)(H,31,35)/t24-;21-/m00/s1. The van der Waals surface area contributed by atoms with Crippen molar-refractivity contribution in [2.45, 2.75) is 103 Å². The first-order valence-corrected chi connectivity index (χ1v) is 25.9. The van der Waals surface area contributed by atoms with E-state index in [1.165, 1.54) is 11.3 Å². The van der Waals surface area contributed by atoms with Crippen molar-refractivity contribution in [1.29, 1.82) is 0 Å². The minimum absolute atomic E-state index is 0.0433. The maximum Gasteiger partial charge on any atom is 0.263 e. The number of hydrogen-bond acceptors (Lipinski definition) is 11. The van der Waals surface area contributed by atoms with E-state index in [0.29, 0.717) is 47.8 Å². The number of aromatic nitrogens is 11. The lowest BCUT2D eigenvalue weighted by Crippen LogP contribution is -2.29. The van der Waals surface area contributed by atoms with Crippen molar-refractivity contribution in [3.8, 4) is 45.0 Å². The Morgan fingerprint density at radius 1 is 0.595 bits per heavy atom. The Morgan fingerprint density at radius 2 is 1.07 bits per heavy atom. The quantitative estimate of drug-likeness (QED) is 0.0333. The van der Waals surface area contributed by atoms with Gasteiger partial charge in [0.2, 0.25) is 11.8 Å². The smallest absolute Gasteiger partial charge is 0.263 e. The normalized spacial score (nSPS) is 11.9. The number of benzene rings is 2. The molecule has 0 saturated heterocycles. The molecule has 8 rings (SSSR count). The van der Waals surface area contributed by atoms with Crippen LogP contribution in [0.5, 0.6) is 0 Å². The van der Waals surface area contributed by atoms with Gasteiger partial charge in [0.25, 0.3) is 11.8 Å². The van der Waals surface area contributed by atoms with Crippen molar-refractivity contribution in [3.05, 3.63) is 131 Å². The first-order valence-electron chi connectivity index (χ1n) is 25.1. The van der Waals surface area contributed by atoms with E-state index in [0.717, 1.165) is 88.6 Å². The predicted octanol–water partition coefficient (Wildman–Crippen LogP) is 8.83. The van der Waals surface area contributed by atoms with Gasteiger partial charge in [-0.3, -0.25) is 33.2 Å². The van der Waals surface area contributed by atoms with Crippen molar-refractivity contribution in [2.24, 2.45) is 14.1 Å². The highest BCUT2D eigenvalue weighted by Crippen LogP contribution is 2.28. The number of nitrogens with one attached hydrogen (secondary N) is 6. The number of hydrogen-bond donors (Lipinski definition) is 6.